The molecule has 1 spiro atoms. The number of benzene rings is 9. The molecule has 2 aliphatic rings. The van der Waals surface area contributed by atoms with Crippen molar-refractivity contribution in [3.05, 3.63) is 247 Å². The summed E-state index contributed by atoms with van der Waals surface area (Å²) in [5.74, 6) is 1.88. The zero-order valence-electron chi connectivity index (χ0n) is 33.2. The van der Waals surface area contributed by atoms with Crippen LogP contribution in [0.5, 0.6) is 0 Å². The van der Waals surface area contributed by atoms with Crippen molar-refractivity contribution in [2.75, 3.05) is 0 Å². The molecule has 0 amide bonds. The van der Waals surface area contributed by atoms with Crippen LogP contribution in [0, 0.1) is 0 Å². The Morgan fingerprint density at radius 2 is 0.541 bits per heavy atom. The van der Waals surface area contributed by atoms with Crippen LogP contribution >= 0.6 is 0 Å². The van der Waals surface area contributed by atoms with E-state index in [1.54, 1.807) is 0 Å². The number of fused-ring (bicyclic) bond motifs is 10. The van der Waals surface area contributed by atoms with Crippen LogP contribution in [-0.2, 0) is 5.41 Å². The van der Waals surface area contributed by atoms with Crippen LogP contribution in [-0.4, -0.2) is 15.0 Å². The minimum absolute atomic E-state index is 0.466. The van der Waals surface area contributed by atoms with Crippen molar-refractivity contribution < 1.29 is 0 Å². The van der Waals surface area contributed by atoms with Crippen LogP contribution in [0.25, 0.3) is 89.8 Å². The first kappa shape index (κ1) is 35.0. The van der Waals surface area contributed by atoms with Gasteiger partial charge in [0.15, 0.2) is 17.5 Å². The summed E-state index contributed by atoms with van der Waals surface area (Å²) in [4.78, 5) is 15.7. The molecule has 0 saturated heterocycles. The molecule has 0 fully saturated rings. The third kappa shape index (κ3) is 5.55. The van der Waals surface area contributed by atoms with Gasteiger partial charge in [-0.1, -0.05) is 206 Å². The SMILES string of the molecule is c1ccc(-c2cccc(-c3nc(-c4cccc(-c5ccccc5)c4)nc(-c4cccc(-c5cccc6c5C5(c7ccccc7-c7ccccc75)c5ccccc5-6)c4)n3)c2)cc1. The molecule has 0 atom stereocenters. The monoisotopic (exact) mass is 775 g/mol. The molecule has 0 radical (unpaired) electrons. The van der Waals surface area contributed by atoms with Gasteiger partial charge in [0.25, 0.3) is 0 Å². The van der Waals surface area contributed by atoms with Crippen LogP contribution < -0.4 is 0 Å². The standard InChI is InChI=1S/C58H37N3/c1-3-17-38(18-4-1)40-21-13-24-43(35-40)55-59-56(44-25-14-22-41(36-44)39-19-5-2-6-20-39)61-57(60-55)45-26-15-23-42(37-45)46-30-16-31-50-49-29-9-12-34-53(49)58(54(46)50)51-32-10-7-27-47(51)48-28-8-11-33-52(48)58/h1-37H. The molecule has 0 unspecified atom stereocenters. The maximum Gasteiger partial charge on any atom is 0.164 e. The van der Waals surface area contributed by atoms with E-state index in [1.165, 1.54) is 50.1 Å². The molecule has 2 aliphatic carbocycles. The van der Waals surface area contributed by atoms with Gasteiger partial charge in [-0.05, 0) is 96.1 Å². The first-order valence-corrected chi connectivity index (χ1v) is 20.9. The van der Waals surface area contributed by atoms with Crippen molar-refractivity contribution in [3.8, 4) is 89.8 Å². The minimum Gasteiger partial charge on any atom is -0.208 e. The zero-order chi connectivity index (χ0) is 40.3. The summed E-state index contributed by atoms with van der Waals surface area (Å²) in [6.07, 6.45) is 0. The number of rotatable bonds is 6. The van der Waals surface area contributed by atoms with Gasteiger partial charge in [0.05, 0.1) is 5.41 Å². The first-order valence-electron chi connectivity index (χ1n) is 20.9. The van der Waals surface area contributed by atoms with Gasteiger partial charge in [0.2, 0.25) is 0 Å². The van der Waals surface area contributed by atoms with Gasteiger partial charge < -0.3 is 0 Å². The third-order valence-electron chi connectivity index (χ3n) is 12.5. The number of hydrogen-bond acceptors (Lipinski definition) is 3. The van der Waals surface area contributed by atoms with Gasteiger partial charge in [-0.25, -0.2) is 15.0 Å². The van der Waals surface area contributed by atoms with Crippen molar-refractivity contribution in [1.29, 1.82) is 0 Å². The molecule has 0 aliphatic heterocycles. The highest BCUT2D eigenvalue weighted by atomic mass is 15.0. The van der Waals surface area contributed by atoms with E-state index >= 15 is 0 Å². The highest BCUT2D eigenvalue weighted by molar-refractivity contribution is 5.99. The summed E-state index contributed by atoms with van der Waals surface area (Å²) in [6.45, 7) is 0. The number of hydrogen-bond donors (Lipinski definition) is 0. The lowest BCUT2D eigenvalue weighted by molar-refractivity contribution is 0.796. The maximum absolute atomic E-state index is 5.26. The second-order valence-electron chi connectivity index (χ2n) is 15.9. The summed E-state index contributed by atoms with van der Waals surface area (Å²) in [7, 11) is 0. The smallest absolute Gasteiger partial charge is 0.164 e. The lowest BCUT2D eigenvalue weighted by atomic mass is 9.68. The Morgan fingerprint density at radius 1 is 0.230 bits per heavy atom. The topological polar surface area (TPSA) is 38.7 Å². The molecule has 0 bridgehead atoms. The highest BCUT2D eigenvalue weighted by Gasteiger charge is 2.52. The molecule has 10 aromatic rings. The average molecular weight is 776 g/mol. The third-order valence-corrected chi connectivity index (χ3v) is 12.5. The minimum atomic E-state index is -0.466. The number of nitrogens with zero attached hydrogens (tertiary/aromatic N) is 3. The van der Waals surface area contributed by atoms with Crippen LogP contribution in [0.1, 0.15) is 22.3 Å². The molecular weight excluding hydrogens is 739 g/mol. The van der Waals surface area contributed by atoms with Gasteiger partial charge in [-0.15, -0.1) is 0 Å². The van der Waals surface area contributed by atoms with Crippen LogP contribution in [0.3, 0.4) is 0 Å². The van der Waals surface area contributed by atoms with Crippen LogP contribution in [0.15, 0.2) is 224 Å². The van der Waals surface area contributed by atoms with E-state index in [-0.39, 0.29) is 0 Å². The quantitative estimate of drug-likeness (QED) is 0.169. The van der Waals surface area contributed by atoms with Gasteiger partial charge in [0.1, 0.15) is 0 Å². The summed E-state index contributed by atoms with van der Waals surface area (Å²) >= 11 is 0. The van der Waals surface area contributed by atoms with E-state index in [1.807, 2.05) is 12.1 Å². The summed E-state index contributed by atoms with van der Waals surface area (Å²) in [6, 6.07) is 80.4. The van der Waals surface area contributed by atoms with Crippen LogP contribution in [0.2, 0.25) is 0 Å². The lowest BCUT2D eigenvalue weighted by Gasteiger charge is -2.32. The van der Waals surface area contributed by atoms with Crippen molar-refractivity contribution in [1.82, 2.24) is 15.0 Å². The molecule has 12 rings (SSSR count). The van der Waals surface area contributed by atoms with Gasteiger partial charge in [-0.2, -0.15) is 0 Å². The van der Waals surface area contributed by atoms with E-state index in [4.69, 9.17) is 15.0 Å². The molecule has 1 heterocycles. The molecule has 1 aromatic heterocycles. The summed E-state index contributed by atoms with van der Waals surface area (Å²) in [5.41, 5.74) is 19.6. The Bertz CT molecular complexity index is 3150. The van der Waals surface area contributed by atoms with Crippen molar-refractivity contribution >= 4 is 0 Å². The van der Waals surface area contributed by atoms with Crippen molar-refractivity contribution in [2.24, 2.45) is 0 Å². The predicted octanol–water partition coefficient (Wildman–Crippen LogP) is 14.2. The molecule has 0 saturated carbocycles. The molecule has 61 heavy (non-hydrogen) atoms. The van der Waals surface area contributed by atoms with Gasteiger partial charge in [0, 0.05) is 16.7 Å². The van der Waals surface area contributed by atoms with E-state index in [0.29, 0.717) is 17.5 Å². The second-order valence-corrected chi connectivity index (χ2v) is 15.9. The highest BCUT2D eigenvalue weighted by Crippen LogP contribution is 2.64. The molecule has 9 aromatic carbocycles. The Morgan fingerprint density at radius 3 is 1.02 bits per heavy atom. The Balaban J connectivity index is 1.05. The second kappa shape index (κ2) is 14.1. The maximum atomic E-state index is 5.26. The molecule has 284 valence electrons. The molecule has 0 N–H and O–H groups in total. The van der Waals surface area contributed by atoms with E-state index in [2.05, 4.69) is 212 Å². The predicted molar refractivity (Wildman–Crippen MR) is 249 cm³/mol. The zero-order valence-corrected chi connectivity index (χ0v) is 33.2. The molecular formula is C58H37N3. The van der Waals surface area contributed by atoms with Crippen LogP contribution in [0.4, 0.5) is 0 Å². The van der Waals surface area contributed by atoms with Crippen molar-refractivity contribution in [3.63, 3.8) is 0 Å². The average Bonchev–Trinajstić information content (AvgIpc) is 3.82. The summed E-state index contributed by atoms with van der Waals surface area (Å²) in [5, 5.41) is 0. The number of aromatic nitrogens is 3. The Kier molecular flexibility index (Phi) is 8.07. The van der Waals surface area contributed by atoms with E-state index < -0.39 is 5.41 Å². The normalized spacial score (nSPS) is 12.7. The largest absolute Gasteiger partial charge is 0.208 e. The van der Waals surface area contributed by atoms with Gasteiger partial charge >= 0.3 is 0 Å². The Hall–Kier alpha value is -8.01. The van der Waals surface area contributed by atoms with Crippen molar-refractivity contribution in [2.45, 2.75) is 5.41 Å². The summed E-state index contributed by atoms with van der Waals surface area (Å²) < 4.78 is 0. The first-order chi connectivity index (χ1) is 30.2. The molecule has 3 nitrogen and oxygen atoms in total. The molecule has 3 heteroatoms. The fraction of sp³-hybridized carbons (Fsp3) is 0.0172. The Labute approximate surface area is 355 Å². The van der Waals surface area contributed by atoms with Gasteiger partial charge in [-0.3, -0.25) is 0 Å². The lowest BCUT2D eigenvalue weighted by Crippen LogP contribution is -2.26. The van der Waals surface area contributed by atoms with E-state index in [9.17, 15) is 0 Å². The fourth-order valence-corrected chi connectivity index (χ4v) is 9.92. The van der Waals surface area contributed by atoms with E-state index in [0.717, 1.165) is 44.5 Å². The fourth-order valence-electron chi connectivity index (χ4n) is 9.92.